The van der Waals surface area contributed by atoms with Crippen LogP contribution in [0.1, 0.15) is 61.9 Å². The summed E-state index contributed by atoms with van der Waals surface area (Å²) in [6.07, 6.45) is 6.22. The smallest absolute Gasteiger partial charge is 0.127 e. The average molecular weight is 362 g/mol. The minimum absolute atomic E-state index is 0.215. The van der Waals surface area contributed by atoms with Gasteiger partial charge in [0, 0.05) is 9.85 Å². The minimum Gasteiger partial charge on any atom is -0.207 e. The van der Waals surface area contributed by atoms with Gasteiger partial charge in [-0.05, 0) is 54.7 Å². The van der Waals surface area contributed by atoms with Crippen molar-refractivity contribution in [1.29, 1.82) is 0 Å². The average Bonchev–Trinajstić information content (AvgIpc) is 2.81. The van der Waals surface area contributed by atoms with Crippen molar-refractivity contribution in [3.05, 3.63) is 34.1 Å². The van der Waals surface area contributed by atoms with Crippen LogP contribution in [0.25, 0.3) is 0 Å². The molecule has 20 heavy (non-hydrogen) atoms. The fourth-order valence-corrected chi connectivity index (χ4v) is 5.07. The second-order valence-electron chi connectivity index (χ2n) is 6.65. The zero-order valence-electron chi connectivity index (χ0n) is 12.5. The van der Waals surface area contributed by atoms with E-state index in [0.717, 1.165) is 5.56 Å². The molecule has 0 nitrogen and oxygen atoms in total. The highest BCUT2D eigenvalue weighted by atomic mass is 79.9. The van der Waals surface area contributed by atoms with Crippen LogP contribution in [0.15, 0.2) is 12.1 Å². The Bertz CT molecular complexity index is 478. The number of aryl methyl sites for hydroxylation is 1. The standard InChI is InChI=1S/C17H23BrClF/c1-11(2)10-17(6-4-5-7-17)16(18)13-8-12(3)15(20)9-14(13)19/h8-9,11,16H,4-7,10H2,1-3H3. The maximum atomic E-state index is 13.6. The van der Waals surface area contributed by atoms with Gasteiger partial charge in [0.15, 0.2) is 0 Å². The molecular weight excluding hydrogens is 339 g/mol. The van der Waals surface area contributed by atoms with E-state index in [1.54, 1.807) is 6.92 Å². The van der Waals surface area contributed by atoms with Gasteiger partial charge in [-0.2, -0.15) is 0 Å². The SMILES string of the molecule is Cc1cc(C(Br)C2(CC(C)C)CCCC2)c(Cl)cc1F. The molecule has 1 unspecified atom stereocenters. The Morgan fingerprint density at radius 2 is 1.90 bits per heavy atom. The molecule has 1 aliphatic rings. The summed E-state index contributed by atoms with van der Waals surface area (Å²) < 4.78 is 13.6. The summed E-state index contributed by atoms with van der Waals surface area (Å²) in [7, 11) is 0. The molecule has 0 bridgehead atoms. The highest BCUT2D eigenvalue weighted by Crippen LogP contribution is 2.56. The summed E-state index contributed by atoms with van der Waals surface area (Å²) in [5, 5.41) is 0.546. The minimum atomic E-state index is -0.220. The first kappa shape index (κ1) is 16.3. The van der Waals surface area contributed by atoms with E-state index >= 15 is 0 Å². The molecule has 112 valence electrons. The molecule has 1 aliphatic carbocycles. The number of hydrogen-bond acceptors (Lipinski definition) is 0. The van der Waals surface area contributed by atoms with Crippen LogP contribution in [0.5, 0.6) is 0 Å². The molecule has 1 fully saturated rings. The Morgan fingerprint density at radius 1 is 1.30 bits per heavy atom. The molecule has 1 aromatic carbocycles. The van der Waals surface area contributed by atoms with Crippen molar-refractivity contribution in [3.63, 3.8) is 0 Å². The highest BCUT2D eigenvalue weighted by Gasteiger charge is 2.41. The van der Waals surface area contributed by atoms with Crippen LogP contribution in [0.2, 0.25) is 5.02 Å². The topological polar surface area (TPSA) is 0 Å². The molecule has 2 rings (SSSR count). The van der Waals surface area contributed by atoms with Gasteiger partial charge in [-0.15, -0.1) is 0 Å². The number of halogens is 3. The lowest BCUT2D eigenvalue weighted by atomic mass is 9.74. The van der Waals surface area contributed by atoms with Crippen LogP contribution in [0.4, 0.5) is 4.39 Å². The van der Waals surface area contributed by atoms with E-state index in [-0.39, 0.29) is 16.1 Å². The number of rotatable bonds is 4. The summed E-state index contributed by atoms with van der Waals surface area (Å²) in [5.41, 5.74) is 1.99. The van der Waals surface area contributed by atoms with E-state index < -0.39 is 0 Å². The summed E-state index contributed by atoms with van der Waals surface area (Å²) in [6.45, 7) is 6.35. The molecule has 0 saturated heterocycles. The van der Waals surface area contributed by atoms with Crippen LogP contribution < -0.4 is 0 Å². The third-order valence-electron chi connectivity index (χ3n) is 4.50. The number of hydrogen-bond donors (Lipinski definition) is 0. The van der Waals surface area contributed by atoms with Crippen molar-refractivity contribution in [2.24, 2.45) is 11.3 Å². The Hall–Kier alpha value is -0.0800. The predicted octanol–water partition coefficient (Wildman–Crippen LogP) is 6.83. The second kappa shape index (κ2) is 6.36. The number of alkyl halides is 1. The maximum Gasteiger partial charge on any atom is 0.127 e. The van der Waals surface area contributed by atoms with Crippen molar-refractivity contribution < 1.29 is 4.39 Å². The fourth-order valence-electron chi connectivity index (χ4n) is 3.66. The van der Waals surface area contributed by atoms with Crippen molar-refractivity contribution >= 4 is 27.5 Å². The lowest BCUT2D eigenvalue weighted by Gasteiger charge is -2.36. The highest BCUT2D eigenvalue weighted by molar-refractivity contribution is 9.09. The van der Waals surface area contributed by atoms with Crippen molar-refractivity contribution in [2.75, 3.05) is 0 Å². The first-order valence-corrected chi connectivity index (χ1v) is 8.75. The molecule has 0 heterocycles. The molecule has 0 aromatic heterocycles. The van der Waals surface area contributed by atoms with Gasteiger partial charge in [0.05, 0.1) is 0 Å². The van der Waals surface area contributed by atoms with E-state index in [1.807, 2.05) is 6.07 Å². The normalized spacial score (nSPS) is 19.6. The molecule has 3 heteroatoms. The van der Waals surface area contributed by atoms with E-state index in [0.29, 0.717) is 16.5 Å². The quantitative estimate of drug-likeness (QED) is 0.515. The Kier molecular flexibility index (Phi) is 5.18. The molecular formula is C17H23BrClF. The molecule has 1 aromatic rings. The van der Waals surface area contributed by atoms with Crippen LogP contribution in [-0.2, 0) is 0 Å². The van der Waals surface area contributed by atoms with Crippen LogP contribution >= 0.6 is 27.5 Å². The molecule has 0 aliphatic heterocycles. The van der Waals surface area contributed by atoms with Gasteiger partial charge in [0.2, 0.25) is 0 Å². The maximum absolute atomic E-state index is 13.6. The monoisotopic (exact) mass is 360 g/mol. The van der Waals surface area contributed by atoms with Crippen molar-refractivity contribution in [1.82, 2.24) is 0 Å². The number of benzene rings is 1. The lowest BCUT2D eigenvalue weighted by Crippen LogP contribution is -2.24. The first-order chi connectivity index (χ1) is 9.35. The van der Waals surface area contributed by atoms with Crippen LogP contribution in [0.3, 0.4) is 0 Å². The molecule has 0 amide bonds. The van der Waals surface area contributed by atoms with Crippen molar-refractivity contribution in [2.45, 2.75) is 57.7 Å². The summed E-state index contributed by atoms with van der Waals surface area (Å²) in [4.78, 5) is 0.215. The molecule has 1 saturated carbocycles. The van der Waals surface area contributed by atoms with Gasteiger partial charge in [-0.3, -0.25) is 0 Å². The van der Waals surface area contributed by atoms with Crippen molar-refractivity contribution in [3.8, 4) is 0 Å². The zero-order chi connectivity index (χ0) is 14.9. The van der Waals surface area contributed by atoms with E-state index in [1.165, 1.54) is 38.2 Å². The third-order valence-corrected chi connectivity index (χ3v) is 6.29. The van der Waals surface area contributed by atoms with Crippen LogP contribution in [-0.4, -0.2) is 0 Å². The molecule has 0 radical (unpaired) electrons. The van der Waals surface area contributed by atoms with Crippen LogP contribution in [0, 0.1) is 24.1 Å². The van der Waals surface area contributed by atoms with Gasteiger partial charge in [-0.25, -0.2) is 4.39 Å². The Morgan fingerprint density at radius 3 is 2.45 bits per heavy atom. The largest absolute Gasteiger partial charge is 0.207 e. The van der Waals surface area contributed by atoms with E-state index in [4.69, 9.17) is 11.6 Å². The van der Waals surface area contributed by atoms with Gasteiger partial charge in [-0.1, -0.05) is 60.3 Å². The lowest BCUT2D eigenvalue weighted by molar-refractivity contribution is 0.230. The third kappa shape index (κ3) is 3.22. The molecule has 0 N–H and O–H groups in total. The van der Waals surface area contributed by atoms with Gasteiger partial charge in [0.25, 0.3) is 0 Å². The first-order valence-electron chi connectivity index (χ1n) is 7.45. The summed E-state index contributed by atoms with van der Waals surface area (Å²) in [5.74, 6) is 0.441. The predicted molar refractivity (Wildman–Crippen MR) is 88.2 cm³/mol. The summed E-state index contributed by atoms with van der Waals surface area (Å²) >= 11 is 10.2. The molecule has 1 atom stereocenters. The Balaban J connectivity index is 2.37. The summed E-state index contributed by atoms with van der Waals surface area (Å²) in [6, 6.07) is 3.37. The zero-order valence-corrected chi connectivity index (χ0v) is 14.8. The van der Waals surface area contributed by atoms with Gasteiger partial charge >= 0.3 is 0 Å². The van der Waals surface area contributed by atoms with E-state index in [9.17, 15) is 4.39 Å². The second-order valence-corrected chi connectivity index (χ2v) is 7.98. The fraction of sp³-hybridized carbons (Fsp3) is 0.647. The van der Waals surface area contributed by atoms with E-state index in [2.05, 4.69) is 29.8 Å². The molecule has 0 spiro atoms. The van der Waals surface area contributed by atoms with Gasteiger partial charge < -0.3 is 0 Å². The van der Waals surface area contributed by atoms with Gasteiger partial charge in [0.1, 0.15) is 5.82 Å². The Labute approximate surface area is 135 Å².